The molecule has 4 nitrogen and oxygen atoms in total. The highest BCUT2D eigenvalue weighted by Gasteiger charge is 2.14. The van der Waals surface area contributed by atoms with Crippen molar-refractivity contribution in [2.24, 2.45) is 0 Å². The van der Waals surface area contributed by atoms with Crippen LogP contribution in [0.1, 0.15) is 26.2 Å². The van der Waals surface area contributed by atoms with Crippen molar-refractivity contribution in [3.8, 4) is 11.3 Å². The third kappa shape index (κ3) is 5.73. The summed E-state index contributed by atoms with van der Waals surface area (Å²) in [5, 5.41) is 3.45. The zero-order valence-corrected chi connectivity index (χ0v) is 15.4. The highest BCUT2D eigenvalue weighted by atomic mass is 35.5. The number of hydrogen-bond acceptors (Lipinski definition) is 4. The van der Waals surface area contributed by atoms with Crippen LogP contribution in [0.4, 0.5) is 0 Å². The summed E-state index contributed by atoms with van der Waals surface area (Å²) in [5.74, 6) is 1.90. The van der Waals surface area contributed by atoms with Crippen molar-refractivity contribution < 1.29 is 9.21 Å². The maximum Gasteiger partial charge on any atom is 0.232 e. The molecule has 0 radical (unpaired) electrons. The van der Waals surface area contributed by atoms with Gasteiger partial charge in [-0.05, 0) is 44.5 Å². The van der Waals surface area contributed by atoms with Crippen LogP contribution in [0.25, 0.3) is 11.3 Å². The Labute approximate surface area is 151 Å². The van der Waals surface area contributed by atoms with Gasteiger partial charge in [-0.15, -0.1) is 11.8 Å². The molecule has 1 aromatic carbocycles. The number of hydrogen-bond donors (Lipinski definition) is 1. The van der Waals surface area contributed by atoms with Crippen LogP contribution in [0, 0.1) is 0 Å². The number of halogens is 1. The fourth-order valence-electron chi connectivity index (χ4n) is 1.99. The number of nitrogens with zero attached hydrogens (tertiary/aromatic N) is 1. The molecule has 1 atom stereocenters. The molecule has 0 saturated heterocycles. The summed E-state index contributed by atoms with van der Waals surface area (Å²) < 4.78 is 5.74. The van der Waals surface area contributed by atoms with E-state index in [0.29, 0.717) is 29.0 Å². The first kappa shape index (κ1) is 18.6. The van der Waals surface area contributed by atoms with E-state index >= 15 is 0 Å². The minimum absolute atomic E-state index is 0.0361. The fraction of sp³-hybridized carbons (Fsp3) is 0.333. The van der Waals surface area contributed by atoms with Gasteiger partial charge in [0.15, 0.2) is 5.76 Å². The second-order valence-electron chi connectivity index (χ2n) is 5.23. The number of allylic oxidation sites excluding steroid dienone is 1. The van der Waals surface area contributed by atoms with Gasteiger partial charge in [-0.3, -0.25) is 4.79 Å². The summed E-state index contributed by atoms with van der Waals surface area (Å²) in [5.41, 5.74) is 0.929. The predicted octanol–water partition coefficient (Wildman–Crippen LogP) is 4.70. The first-order valence-electron chi connectivity index (χ1n) is 7.81. The van der Waals surface area contributed by atoms with Gasteiger partial charge in [0.25, 0.3) is 0 Å². The van der Waals surface area contributed by atoms with Crippen molar-refractivity contribution in [1.29, 1.82) is 0 Å². The standard InChI is InChI=1S/C18H21ClN2O2S/c1-3-4-5-10-20-18(22)13(2)24-12-17-21-11-16(23-17)14-6-8-15(19)9-7-14/h3-4,6-9,11,13H,5,10,12H2,1-2H3,(H,20,22)/b4-3+. The Bertz CT molecular complexity index is 683. The number of oxazole rings is 1. The lowest BCUT2D eigenvalue weighted by Crippen LogP contribution is -2.31. The second kappa shape index (κ2) is 9.55. The largest absolute Gasteiger partial charge is 0.440 e. The molecule has 0 aliphatic rings. The van der Waals surface area contributed by atoms with E-state index < -0.39 is 0 Å². The van der Waals surface area contributed by atoms with E-state index in [1.807, 2.05) is 50.3 Å². The van der Waals surface area contributed by atoms with Gasteiger partial charge in [0.1, 0.15) is 0 Å². The Hall–Kier alpha value is -1.72. The van der Waals surface area contributed by atoms with Gasteiger partial charge in [0.05, 0.1) is 17.2 Å². The van der Waals surface area contributed by atoms with Crippen LogP contribution in [0.2, 0.25) is 5.02 Å². The third-order valence-corrected chi connectivity index (χ3v) is 4.73. The number of benzene rings is 1. The molecular weight excluding hydrogens is 344 g/mol. The summed E-state index contributed by atoms with van der Waals surface area (Å²) in [6.07, 6.45) is 6.55. The van der Waals surface area contributed by atoms with Crippen molar-refractivity contribution in [2.75, 3.05) is 6.54 Å². The first-order valence-corrected chi connectivity index (χ1v) is 9.24. The van der Waals surface area contributed by atoms with E-state index in [4.69, 9.17) is 16.0 Å². The second-order valence-corrected chi connectivity index (χ2v) is 6.99. The summed E-state index contributed by atoms with van der Waals surface area (Å²) in [6, 6.07) is 7.41. The summed E-state index contributed by atoms with van der Waals surface area (Å²) in [6.45, 7) is 4.52. The van der Waals surface area contributed by atoms with Crippen LogP contribution in [0.3, 0.4) is 0 Å². The minimum atomic E-state index is -0.151. The molecule has 2 aromatic rings. The Kier molecular flexibility index (Phi) is 7.40. The highest BCUT2D eigenvalue weighted by molar-refractivity contribution is 7.99. The van der Waals surface area contributed by atoms with Crippen LogP contribution in [-0.4, -0.2) is 22.7 Å². The lowest BCUT2D eigenvalue weighted by Gasteiger charge is -2.10. The van der Waals surface area contributed by atoms with Crippen molar-refractivity contribution in [1.82, 2.24) is 10.3 Å². The molecule has 1 amide bonds. The fourth-order valence-corrected chi connectivity index (χ4v) is 2.87. The van der Waals surface area contributed by atoms with Crippen molar-refractivity contribution in [2.45, 2.75) is 31.3 Å². The molecule has 0 aliphatic carbocycles. The van der Waals surface area contributed by atoms with E-state index in [0.717, 1.165) is 12.0 Å². The first-order chi connectivity index (χ1) is 11.6. The molecule has 0 fully saturated rings. The molecule has 1 aromatic heterocycles. The number of rotatable bonds is 8. The van der Waals surface area contributed by atoms with Crippen LogP contribution < -0.4 is 5.32 Å². The molecule has 1 heterocycles. The molecule has 128 valence electrons. The van der Waals surface area contributed by atoms with Crippen molar-refractivity contribution in [3.05, 3.63) is 53.5 Å². The monoisotopic (exact) mass is 364 g/mol. The van der Waals surface area contributed by atoms with E-state index in [1.165, 1.54) is 11.8 Å². The van der Waals surface area contributed by atoms with E-state index in [2.05, 4.69) is 10.3 Å². The average molecular weight is 365 g/mol. The smallest absolute Gasteiger partial charge is 0.232 e. The van der Waals surface area contributed by atoms with Gasteiger partial charge in [-0.2, -0.15) is 0 Å². The molecule has 0 bridgehead atoms. The van der Waals surface area contributed by atoms with E-state index in [1.54, 1.807) is 6.20 Å². The zero-order chi connectivity index (χ0) is 17.4. The molecular formula is C18H21ClN2O2S. The van der Waals surface area contributed by atoms with Gasteiger partial charge < -0.3 is 9.73 Å². The number of amides is 1. The Balaban J connectivity index is 1.82. The number of thioether (sulfide) groups is 1. The average Bonchev–Trinajstić information content (AvgIpc) is 3.06. The molecule has 0 aliphatic heterocycles. The molecule has 1 N–H and O–H groups in total. The van der Waals surface area contributed by atoms with Gasteiger partial charge in [0, 0.05) is 17.1 Å². The van der Waals surface area contributed by atoms with E-state index in [-0.39, 0.29) is 11.2 Å². The maximum absolute atomic E-state index is 12.0. The highest BCUT2D eigenvalue weighted by Crippen LogP contribution is 2.25. The van der Waals surface area contributed by atoms with Gasteiger partial charge in [0.2, 0.25) is 11.8 Å². The minimum Gasteiger partial charge on any atom is -0.440 e. The molecule has 6 heteroatoms. The lowest BCUT2D eigenvalue weighted by molar-refractivity contribution is -0.120. The van der Waals surface area contributed by atoms with Crippen LogP contribution >= 0.6 is 23.4 Å². The SMILES string of the molecule is C/C=C/CCNC(=O)C(C)SCc1ncc(-c2ccc(Cl)cc2)o1. The maximum atomic E-state index is 12.0. The molecule has 1 unspecified atom stereocenters. The van der Waals surface area contributed by atoms with Crippen LogP contribution in [0.15, 0.2) is 47.0 Å². The lowest BCUT2D eigenvalue weighted by atomic mass is 10.2. The van der Waals surface area contributed by atoms with Crippen molar-refractivity contribution in [3.63, 3.8) is 0 Å². The quantitative estimate of drug-likeness (QED) is 0.545. The summed E-state index contributed by atoms with van der Waals surface area (Å²) in [4.78, 5) is 16.2. The number of nitrogens with one attached hydrogen (secondary N) is 1. The van der Waals surface area contributed by atoms with Crippen molar-refractivity contribution >= 4 is 29.3 Å². The van der Waals surface area contributed by atoms with Crippen LogP contribution in [0.5, 0.6) is 0 Å². The number of aromatic nitrogens is 1. The molecule has 24 heavy (non-hydrogen) atoms. The Morgan fingerprint density at radius 1 is 1.42 bits per heavy atom. The molecule has 0 saturated carbocycles. The normalized spacial score (nSPS) is 12.5. The summed E-state index contributed by atoms with van der Waals surface area (Å²) in [7, 11) is 0. The van der Waals surface area contributed by atoms with E-state index in [9.17, 15) is 4.79 Å². The molecule has 0 spiro atoms. The zero-order valence-electron chi connectivity index (χ0n) is 13.8. The molecule has 2 rings (SSSR count). The van der Waals surface area contributed by atoms with Gasteiger partial charge in [-0.25, -0.2) is 4.98 Å². The Morgan fingerprint density at radius 3 is 2.88 bits per heavy atom. The summed E-state index contributed by atoms with van der Waals surface area (Å²) >= 11 is 7.39. The van der Waals surface area contributed by atoms with Crippen LogP contribution in [-0.2, 0) is 10.5 Å². The number of carbonyl (C=O) groups is 1. The van der Waals surface area contributed by atoms with Gasteiger partial charge >= 0.3 is 0 Å². The third-order valence-electron chi connectivity index (χ3n) is 3.35. The number of carbonyl (C=O) groups excluding carboxylic acids is 1. The van der Waals surface area contributed by atoms with Gasteiger partial charge in [-0.1, -0.05) is 23.8 Å². The Morgan fingerprint density at radius 2 is 2.17 bits per heavy atom. The predicted molar refractivity (Wildman–Crippen MR) is 100 cm³/mol. The topological polar surface area (TPSA) is 55.1 Å².